The van der Waals surface area contributed by atoms with E-state index in [-0.39, 0.29) is 5.41 Å². The van der Waals surface area contributed by atoms with Gasteiger partial charge in [-0.3, -0.25) is 4.57 Å². The lowest BCUT2D eigenvalue weighted by molar-refractivity contribution is 0.660. The Bertz CT molecular complexity index is 2690. The van der Waals surface area contributed by atoms with Crippen molar-refractivity contribution in [2.75, 3.05) is 0 Å². The largest absolute Gasteiger partial charge is 0.309 e. The molecule has 0 N–H and O–H groups in total. The minimum Gasteiger partial charge on any atom is -0.309 e. The van der Waals surface area contributed by atoms with Crippen LogP contribution >= 0.6 is 0 Å². The zero-order valence-electron chi connectivity index (χ0n) is 26.3. The van der Waals surface area contributed by atoms with Gasteiger partial charge in [-0.2, -0.15) is 0 Å². The number of fused-ring (bicyclic) bond motifs is 8. The summed E-state index contributed by atoms with van der Waals surface area (Å²) in [6, 6.07) is 55.0. The van der Waals surface area contributed by atoms with Crippen LogP contribution in [0.4, 0.5) is 0 Å². The summed E-state index contributed by atoms with van der Waals surface area (Å²) in [5.41, 5.74) is 13.3. The summed E-state index contributed by atoms with van der Waals surface area (Å²) in [7, 11) is 0. The van der Waals surface area contributed by atoms with Crippen LogP contribution in [0.1, 0.15) is 25.0 Å². The number of benzene rings is 7. The van der Waals surface area contributed by atoms with Crippen molar-refractivity contribution in [3.63, 3.8) is 0 Å². The second-order valence-electron chi connectivity index (χ2n) is 13.3. The van der Waals surface area contributed by atoms with Gasteiger partial charge >= 0.3 is 0 Å². The third kappa shape index (κ3) is 3.65. The zero-order valence-corrected chi connectivity index (χ0v) is 26.3. The van der Waals surface area contributed by atoms with Crippen molar-refractivity contribution in [2.24, 2.45) is 0 Å². The maximum Gasteiger partial charge on any atom is 0.145 e. The van der Waals surface area contributed by atoms with E-state index in [1.54, 1.807) is 0 Å². The van der Waals surface area contributed by atoms with E-state index in [4.69, 9.17) is 4.98 Å². The summed E-state index contributed by atoms with van der Waals surface area (Å²) in [6.07, 6.45) is 0. The van der Waals surface area contributed by atoms with Crippen LogP contribution in [0.3, 0.4) is 0 Å². The lowest BCUT2D eigenvalue weighted by Gasteiger charge is -2.22. The van der Waals surface area contributed by atoms with Crippen LogP contribution in [-0.4, -0.2) is 14.1 Å². The summed E-state index contributed by atoms with van der Waals surface area (Å²) >= 11 is 0. The van der Waals surface area contributed by atoms with Gasteiger partial charge in [-0.15, -0.1) is 0 Å². The molecule has 0 radical (unpaired) electrons. The molecule has 3 heteroatoms. The second kappa shape index (κ2) is 9.54. The van der Waals surface area contributed by atoms with Crippen molar-refractivity contribution in [3.8, 4) is 33.9 Å². The molecule has 47 heavy (non-hydrogen) atoms. The van der Waals surface area contributed by atoms with Crippen molar-refractivity contribution >= 4 is 43.6 Å². The highest BCUT2D eigenvalue weighted by Crippen LogP contribution is 2.51. The van der Waals surface area contributed by atoms with Crippen LogP contribution in [0.15, 0.2) is 152 Å². The summed E-state index contributed by atoms with van der Waals surface area (Å²) in [5.74, 6) is 0.947. The van der Waals surface area contributed by atoms with Gasteiger partial charge in [0.2, 0.25) is 0 Å². The lowest BCUT2D eigenvalue weighted by atomic mass is 9.82. The van der Waals surface area contributed by atoms with Gasteiger partial charge in [-0.05, 0) is 76.0 Å². The summed E-state index contributed by atoms with van der Waals surface area (Å²) in [4.78, 5) is 5.24. The van der Waals surface area contributed by atoms with Gasteiger partial charge in [0.1, 0.15) is 5.82 Å². The Morgan fingerprint density at radius 3 is 2.04 bits per heavy atom. The number of nitrogens with zero attached hydrogens (tertiary/aromatic N) is 3. The van der Waals surface area contributed by atoms with E-state index in [1.807, 2.05) is 0 Å². The van der Waals surface area contributed by atoms with Crippen LogP contribution in [-0.2, 0) is 5.41 Å². The van der Waals surface area contributed by atoms with Crippen molar-refractivity contribution in [3.05, 3.63) is 163 Å². The molecule has 0 spiro atoms. The first kappa shape index (κ1) is 26.3. The third-order valence-corrected chi connectivity index (χ3v) is 10.3. The van der Waals surface area contributed by atoms with Gasteiger partial charge in [0, 0.05) is 33.0 Å². The van der Waals surface area contributed by atoms with Crippen molar-refractivity contribution in [1.29, 1.82) is 0 Å². The average Bonchev–Trinajstić information content (AvgIpc) is 3.72. The van der Waals surface area contributed by atoms with Crippen LogP contribution in [0, 0.1) is 0 Å². The van der Waals surface area contributed by atoms with Gasteiger partial charge in [0.05, 0.1) is 27.8 Å². The van der Waals surface area contributed by atoms with Crippen LogP contribution < -0.4 is 0 Å². The second-order valence-corrected chi connectivity index (χ2v) is 13.3. The van der Waals surface area contributed by atoms with Crippen molar-refractivity contribution in [2.45, 2.75) is 19.3 Å². The minimum absolute atomic E-state index is 0.0642. The summed E-state index contributed by atoms with van der Waals surface area (Å²) in [6.45, 7) is 4.71. The molecule has 7 aromatic carbocycles. The number of hydrogen-bond acceptors (Lipinski definition) is 1. The fourth-order valence-electron chi connectivity index (χ4n) is 8.09. The first-order chi connectivity index (χ1) is 23.1. The Balaban J connectivity index is 1.30. The molecule has 0 aliphatic heterocycles. The standard InChI is InChI=1S/C44H31N3/c1-44(2)35-20-11-9-19-33(35)42-36(44)21-13-23-39(42)47-38-22-12-10-18-32(38)34-24-29-25-37-41(27-30(29)26-40(34)47)46(31-16-7-4-8-17-31)43(45-37)28-14-5-3-6-15-28/h3-27H,1-2H3. The molecule has 2 heterocycles. The predicted octanol–water partition coefficient (Wildman–Crippen LogP) is 11.2. The van der Waals surface area contributed by atoms with Gasteiger partial charge in [0.25, 0.3) is 0 Å². The van der Waals surface area contributed by atoms with E-state index in [0.717, 1.165) is 28.1 Å². The van der Waals surface area contributed by atoms with Crippen molar-refractivity contribution < 1.29 is 0 Å². The fraction of sp³-hybridized carbons (Fsp3) is 0.0682. The third-order valence-electron chi connectivity index (χ3n) is 10.3. The Labute approximate surface area is 273 Å². The molecule has 10 rings (SSSR count). The van der Waals surface area contributed by atoms with Crippen molar-refractivity contribution in [1.82, 2.24) is 14.1 Å². The highest BCUT2D eigenvalue weighted by atomic mass is 15.1. The molecule has 3 nitrogen and oxygen atoms in total. The maximum atomic E-state index is 5.24. The molecule has 2 aromatic heterocycles. The minimum atomic E-state index is -0.0642. The Morgan fingerprint density at radius 1 is 0.511 bits per heavy atom. The first-order valence-electron chi connectivity index (χ1n) is 16.3. The average molecular weight is 602 g/mol. The monoisotopic (exact) mass is 601 g/mol. The molecule has 0 atom stereocenters. The normalized spacial score (nSPS) is 13.5. The molecule has 9 aromatic rings. The van der Waals surface area contributed by atoms with Gasteiger partial charge in [-0.25, -0.2) is 4.98 Å². The molecule has 1 aliphatic carbocycles. The maximum absolute atomic E-state index is 5.24. The van der Waals surface area contributed by atoms with E-state index in [1.165, 1.54) is 60.5 Å². The number of rotatable bonds is 3. The highest BCUT2D eigenvalue weighted by molar-refractivity contribution is 6.15. The Morgan fingerprint density at radius 2 is 1.19 bits per heavy atom. The number of para-hydroxylation sites is 2. The van der Waals surface area contributed by atoms with Crippen LogP contribution in [0.2, 0.25) is 0 Å². The molecular formula is C44H31N3. The molecule has 1 aliphatic rings. The molecule has 0 fully saturated rings. The molecule has 0 unspecified atom stereocenters. The lowest BCUT2D eigenvalue weighted by Crippen LogP contribution is -2.14. The smallest absolute Gasteiger partial charge is 0.145 e. The quantitative estimate of drug-likeness (QED) is 0.198. The molecule has 0 bridgehead atoms. The van der Waals surface area contributed by atoms with E-state index in [0.29, 0.717) is 0 Å². The predicted molar refractivity (Wildman–Crippen MR) is 196 cm³/mol. The van der Waals surface area contributed by atoms with Crippen LogP contribution in [0.25, 0.3) is 77.5 Å². The van der Waals surface area contributed by atoms with Gasteiger partial charge < -0.3 is 4.57 Å². The fourth-order valence-corrected chi connectivity index (χ4v) is 8.09. The zero-order chi connectivity index (χ0) is 31.3. The highest BCUT2D eigenvalue weighted by Gasteiger charge is 2.37. The Hall–Kier alpha value is -5.93. The summed E-state index contributed by atoms with van der Waals surface area (Å²) in [5, 5.41) is 4.89. The van der Waals surface area contributed by atoms with E-state index >= 15 is 0 Å². The molecule has 0 saturated carbocycles. The first-order valence-corrected chi connectivity index (χ1v) is 16.3. The molecule has 0 saturated heterocycles. The van der Waals surface area contributed by atoms with E-state index in [9.17, 15) is 0 Å². The Kier molecular flexibility index (Phi) is 5.34. The number of aromatic nitrogens is 3. The number of imidazole rings is 1. The van der Waals surface area contributed by atoms with E-state index in [2.05, 4.69) is 175 Å². The van der Waals surface area contributed by atoms with E-state index < -0.39 is 0 Å². The number of hydrogen-bond donors (Lipinski definition) is 0. The SMILES string of the molecule is CC1(C)c2ccccc2-c2c(-n3c4ccccc4c4cc5cc6nc(-c7ccccc7)n(-c7ccccc7)c6cc5cc43)cccc21. The topological polar surface area (TPSA) is 22.8 Å². The molecular weight excluding hydrogens is 571 g/mol. The van der Waals surface area contributed by atoms with Crippen LogP contribution in [0.5, 0.6) is 0 Å². The summed E-state index contributed by atoms with van der Waals surface area (Å²) < 4.78 is 4.79. The molecule has 222 valence electrons. The van der Waals surface area contributed by atoms with Gasteiger partial charge in [-0.1, -0.05) is 117 Å². The van der Waals surface area contributed by atoms with Gasteiger partial charge in [0.15, 0.2) is 0 Å². The molecule has 0 amide bonds.